The number of aromatic nitrogens is 3. The van der Waals surface area contributed by atoms with E-state index in [0.29, 0.717) is 11.6 Å². The number of nitrogens with zero attached hydrogens (tertiary/aromatic N) is 4. The summed E-state index contributed by atoms with van der Waals surface area (Å²) in [7, 11) is 0. The number of piperidine rings is 3. The van der Waals surface area contributed by atoms with Gasteiger partial charge in [0.15, 0.2) is 5.65 Å². The Bertz CT molecular complexity index is 720. The van der Waals surface area contributed by atoms with Crippen molar-refractivity contribution in [3.8, 4) is 0 Å². The first kappa shape index (κ1) is 16.2. The predicted octanol–water partition coefficient (Wildman–Crippen LogP) is 1.75. The highest BCUT2D eigenvalue weighted by Crippen LogP contribution is 2.39. The van der Waals surface area contributed by atoms with Gasteiger partial charge in [-0.1, -0.05) is 0 Å². The average molecular weight is 336 g/mol. The molecule has 2 aromatic heterocycles. The minimum Gasteiger partial charge on any atom is -0.346 e. The van der Waals surface area contributed by atoms with Gasteiger partial charge in [-0.25, -0.2) is 9.97 Å². The molecule has 6 nitrogen and oxygen atoms in total. The Morgan fingerprint density at radius 2 is 2.04 bits per heavy atom. The molecule has 2 aromatic rings. The zero-order valence-corrected chi connectivity index (χ0v) is 14.2. The SMILES string of the molecule is CC1(C)[C@H](NC(=O)c2cn3ccnc3cn2)C2CCN1CC2.Cl. The molecule has 0 spiro atoms. The topological polar surface area (TPSA) is 62.5 Å². The third-order valence-electron chi connectivity index (χ3n) is 5.39. The highest BCUT2D eigenvalue weighted by atomic mass is 35.5. The van der Waals surface area contributed by atoms with Gasteiger partial charge in [0.2, 0.25) is 0 Å². The summed E-state index contributed by atoms with van der Waals surface area (Å²) in [6.45, 7) is 6.75. The van der Waals surface area contributed by atoms with Crippen molar-refractivity contribution in [2.75, 3.05) is 13.1 Å². The number of carbonyl (C=O) groups excluding carboxylic acids is 1. The van der Waals surface area contributed by atoms with Crippen LogP contribution in [0, 0.1) is 5.92 Å². The summed E-state index contributed by atoms with van der Waals surface area (Å²) in [5, 5.41) is 3.24. The minimum atomic E-state index is -0.0950. The quantitative estimate of drug-likeness (QED) is 0.908. The van der Waals surface area contributed by atoms with Crippen molar-refractivity contribution in [3.05, 3.63) is 30.5 Å². The average Bonchev–Trinajstić information content (AvgIpc) is 2.98. The van der Waals surface area contributed by atoms with Crippen molar-refractivity contribution in [3.63, 3.8) is 0 Å². The lowest BCUT2D eigenvalue weighted by Gasteiger charge is -2.56. The van der Waals surface area contributed by atoms with E-state index in [0.717, 1.165) is 18.7 Å². The maximum atomic E-state index is 12.6. The summed E-state index contributed by atoms with van der Waals surface area (Å²) in [5.74, 6) is 0.475. The van der Waals surface area contributed by atoms with Gasteiger partial charge in [-0.3, -0.25) is 9.69 Å². The van der Waals surface area contributed by atoms with Crippen molar-refractivity contribution in [1.82, 2.24) is 24.6 Å². The zero-order chi connectivity index (χ0) is 15.3. The first-order valence-corrected chi connectivity index (χ1v) is 7.90. The molecule has 124 valence electrons. The molecule has 3 saturated heterocycles. The van der Waals surface area contributed by atoms with Crippen LogP contribution in [0.25, 0.3) is 5.65 Å². The van der Waals surface area contributed by atoms with Crippen LogP contribution < -0.4 is 5.32 Å². The molecule has 1 atom stereocenters. The highest BCUT2D eigenvalue weighted by Gasteiger charge is 2.48. The Morgan fingerprint density at radius 3 is 2.74 bits per heavy atom. The maximum absolute atomic E-state index is 12.6. The van der Waals surface area contributed by atoms with E-state index in [-0.39, 0.29) is 29.9 Å². The van der Waals surface area contributed by atoms with E-state index in [9.17, 15) is 4.79 Å². The molecule has 0 aliphatic carbocycles. The molecular formula is C16H22ClN5O. The van der Waals surface area contributed by atoms with Gasteiger partial charge in [0.1, 0.15) is 5.69 Å². The summed E-state index contributed by atoms with van der Waals surface area (Å²) in [4.78, 5) is 23.5. The van der Waals surface area contributed by atoms with Gasteiger partial charge >= 0.3 is 0 Å². The number of imidazole rings is 1. The second kappa shape index (κ2) is 5.76. The number of fused-ring (bicyclic) bond motifs is 4. The van der Waals surface area contributed by atoms with E-state index in [1.165, 1.54) is 12.8 Å². The molecule has 5 heterocycles. The van der Waals surface area contributed by atoms with Crippen molar-refractivity contribution in [1.29, 1.82) is 0 Å². The molecule has 0 unspecified atom stereocenters. The molecule has 1 N–H and O–H groups in total. The molecule has 7 heteroatoms. The molecule has 0 saturated carbocycles. The van der Waals surface area contributed by atoms with Crippen molar-refractivity contribution in [2.45, 2.75) is 38.3 Å². The van der Waals surface area contributed by atoms with Gasteiger partial charge in [0.05, 0.1) is 6.20 Å². The van der Waals surface area contributed by atoms with Crippen molar-refractivity contribution < 1.29 is 4.79 Å². The lowest BCUT2D eigenvalue weighted by Crippen LogP contribution is -2.69. The number of hydrogen-bond donors (Lipinski definition) is 1. The van der Waals surface area contributed by atoms with Gasteiger partial charge < -0.3 is 9.72 Å². The monoisotopic (exact) mass is 335 g/mol. The summed E-state index contributed by atoms with van der Waals surface area (Å²) in [6, 6.07) is 0.183. The van der Waals surface area contributed by atoms with Crippen molar-refractivity contribution in [2.24, 2.45) is 5.92 Å². The first-order valence-electron chi connectivity index (χ1n) is 7.90. The number of rotatable bonds is 2. The van der Waals surface area contributed by atoms with Gasteiger partial charge in [-0.15, -0.1) is 12.4 Å². The van der Waals surface area contributed by atoms with E-state index in [1.54, 1.807) is 18.6 Å². The first-order chi connectivity index (χ1) is 10.6. The predicted molar refractivity (Wildman–Crippen MR) is 89.9 cm³/mol. The molecule has 3 fully saturated rings. The Kier molecular flexibility index (Phi) is 4.06. The van der Waals surface area contributed by atoms with E-state index >= 15 is 0 Å². The van der Waals surface area contributed by atoms with Crippen LogP contribution in [0.3, 0.4) is 0 Å². The summed E-state index contributed by atoms with van der Waals surface area (Å²) in [6.07, 6.45) is 9.24. The number of carbonyl (C=O) groups is 1. The summed E-state index contributed by atoms with van der Waals surface area (Å²) in [5.41, 5.74) is 1.20. The van der Waals surface area contributed by atoms with Crippen LogP contribution in [-0.4, -0.2) is 49.8 Å². The van der Waals surface area contributed by atoms with Crippen LogP contribution in [0.4, 0.5) is 0 Å². The van der Waals surface area contributed by atoms with E-state index in [1.807, 2.05) is 10.6 Å². The van der Waals surface area contributed by atoms with Gasteiger partial charge in [-0.05, 0) is 45.7 Å². The third-order valence-corrected chi connectivity index (χ3v) is 5.39. The number of hydrogen-bond acceptors (Lipinski definition) is 4. The zero-order valence-electron chi connectivity index (χ0n) is 13.4. The van der Waals surface area contributed by atoms with Crippen molar-refractivity contribution >= 4 is 24.0 Å². The molecule has 3 aliphatic rings. The number of amides is 1. The second-order valence-corrected chi connectivity index (χ2v) is 6.89. The number of nitrogens with one attached hydrogen (secondary N) is 1. The van der Waals surface area contributed by atoms with Gasteiger partial charge in [-0.2, -0.15) is 0 Å². The molecule has 0 radical (unpaired) electrons. The lowest BCUT2D eigenvalue weighted by atomic mass is 9.72. The largest absolute Gasteiger partial charge is 0.346 e. The van der Waals surface area contributed by atoms with E-state index in [4.69, 9.17) is 0 Å². The molecule has 3 aliphatic heterocycles. The molecule has 5 rings (SSSR count). The number of halogens is 1. The molecular weight excluding hydrogens is 314 g/mol. The normalized spacial score (nSPS) is 28.3. The van der Waals surface area contributed by atoms with Gasteiger partial charge in [0, 0.05) is 30.2 Å². The molecule has 0 aromatic carbocycles. The van der Waals surface area contributed by atoms with Crippen LogP contribution >= 0.6 is 12.4 Å². The van der Waals surface area contributed by atoms with Gasteiger partial charge in [0.25, 0.3) is 5.91 Å². The fraction of sp³-hybridized carbons (Fsp3) is 0.562. The van der Waals surface area contributed by atoms with Crippen LogP contribution in [-0.2, 0) is 0 Å². The fourth-order valence-electron chi connectivity index (χ4n) is 4.04. The Labute approximate surface area is 141 Å². The Balaban J connectivity index is 0.00000156. The Hall–Kier alpha value is -1.66. The van der Waals surface area contributed by atoms with Crippen LogP contribution in [0.2, 0.25) is 0 Å². The Morgan fingerprint density at radius 1 is 1.30 bits per heavy atom. The standard InChI is InChI=1S/C16H21N5O.ClH/c1-16(2)14(11-3-6-21(16)7-4-11)19-15(22)12-10-20-8-5-17-13(20)9-18-12;/h5,8-11,14H,3-4,6-7H2,1-2H3,(H,19,22);1H/t14-;/m1./s1. The second-order valence-electron chi connectivity index (χ2n) is 6.89. The summed E-state index contributed by atoms with van der Waals surface area (Å²) < 4.78 is 1.82. The smallest absolute Gasteiger partial charge is 0.271 e. The maximum Gasteiger partial charge on any atom is 0.271 e. The highest BCUT2D eigenvalue weighted by molar-refractivity contribution is 5.92. The lowest BCUT2D eigenvalue weighted by molar-refractivity contribution is -0.0378. The summed E-state index contributed by atoms with van der Waals surface area (Å²) >= 11 is 0. The molecule has 2 bridgehead atoms. The molecule has 1 amide bonds. The van der Waals surface area contributed by atoms with Crippen LogP contribution in [0.5, 0.6) is 0 Å². The third kappa shape index (κ3) is 2.60. The molecule has 23 heavy (non-hydrogen) atoms. The van der Waals surface area contributed by atoms with E-state index in [2.05, 4.69) is 34.0 Å². The fourth-order valence-corrected chi connectivity index (χ4v) is 4.04. The minimum absolute atomic E-state index is 0. The van der Waals surface area contributed by atoms with Crippen LogP contribution in [0.1, 0.15) is 37.2 Å². The van der Waals surface area contributed by atoms with Crippen LogP contribution in [0.15, 0.2) is 24.8 Å². The van der Waals surface area contributed by atoms with E-state index < -0.39 is 0 Å².